The van der Waals surface area contributed by atoms with Crippen molar-refractivity contribution in [1.82, 2.24) is 0 Å². The SMILES string of the molecule is CC(CCNc1c(Cl)cc(F)cc1Cl)c1ccccc1. The molecule has 0 heterocycles. The number of halogens is 3. The smallest absolute Gasteiger partial charge is 0.126 e. The first-order valence-corrected chi connectivity index (χ1v) is 7.27. The first-order valence-electron chi connectivity index (χ1n) is 6.51. The second kappa shape index (κ2) is 6.96. The third-order valence-electron chi connectivity index (χ3n) is 3.25. The maximum atomic E-state index is 13.1. The second-order valence-electron chi connectivity index (χ2n) is 4.77. The highest BCUT2D eigenvalue weighted by atomic mass is 35.5. The highest BCUT2D eigenvalue weighted by molar-refractivity contribution is 6.39. The van der Waals surface area contributed by atoms with Gasteiger partial charge in [0.25, 0.3) is 0 Å². The average molecular weight is 312 g/mol. The van der Waals surface area contributed by atoms with E-state index in [1.807, 2.05) is 18.2 Å². The molecule has 0 aliphatic heterocycles. The van der Waals surface area contributed by atoms with E-state index in [0.717, 1.165) is 13.0 Å². The standard InChI is InChI=1S/C16H16Cl2FN/c1-11(12-5-3-2-4-6-12)7-8-20-16-14(17)9-13(19)10-15(16)18/h2-6,9-11,20H,7-8H2,1H3. The highest BCUT2D eigenvalue weighted by Gasteiger charge is 2.09. The van der Waals surface area contributed by atoms with Crippen LogP contribution >= 0.6 is 23.2 Å². The molecule has 2 aromatic rings. The molecular formula is C16H16Cl2FN. The zero-order valence-corrected chi connectivity index (χ0v) is 12.7. The minimum absolute atomic E-state index is 0.308. The molecule has 1 N–H and O–H groups in total. The van der Waals surface area contributed by atoms with Crippen LogP contribution in [0.3, 0.4) is 0 Å². The van der Waals surface area contributed by atoms with Crippen LogP contribution in [-0.2, 0) is 0 Å². The molecule has 0 amide bonds. The Kier molecular flexibility index (Phi) is 5.27. The van der Waals surface area contributed by atoms with Crippen molar-refractivity contribution in [3.05, 3.63) is 63.9 Å². The number of nitrogens with one attached hydrogen (secondary N) is 1. The fraction of sp³-hybridized carbons (Fsp3) is 0.250. The van der Waals surface area contributed by atoms with E-state index in [9.17, 15) is 4.39 Å². The Balaban J connectivity index is 1.94. The third kappa shape index (κ3) is 3.87. The minimum atomic E-state index is -0.428. The number of hydrogen-bond acceptors (Lipinski definition) is 1. The zero-order valence-electron chi connectivity index (χ0n) is 11.2. The van der Waals surface area contributed by atoms with Crippen molar-refractivity contribution < 1.29 is 4.39 Å². The topological polar surface area (TPSA) is 12.0 Å². The van der Waals surface area contributed by atoms with Crippen molar-refractivity contribution in [1.29, 1.82) is 0 Å². The number of anilines is 1. The van der Waals surface area contributed by atoms with Crippen LogP contribution in [0.2, 0.25) is 10.0 Å². The highest BCUT2D eigenvalue weighted by Crippen LogP contribution is 2.31. The van der Waals surface area contributed by atoms with E-state index in [4.69, 9.17) is 23.2 Å². The van der Waals surface area contributed by atoms with E-state index in [-0.39, 0.29) is 0 Å². The fourth-order valence-corrected chi connectivity index (χ4v) is 2.67. The molecule has 0 spiro atoms. The summed E-state index contributed by atoms with van der Waals surface area (Å²) in [6.45, 7) is 2.89. The summed E-state index contributed by atoms with van der Waals surface area (Å²) in [5.41, 5.74) is 1.89. The quantitative estimate of drug-likeness (QED) is 0.742. The van der Waals surface area contributed by atoms with Gasteiger partial charge >= 0.3 is 0 Å². The van der Waals surface area contributed by atoms with Crippen LogP contribution in [0.4, 0.5) is 10.1 Å². The molecule has 0 fully saturated rings. The molecule has 0 radical (unpaired) electrons. The Morgan fingerprint density at radius 1 is 1.10 bits per heavy atom. The Morgan fingerprint density at radius 2 is 1.70 bits per heavy atom. The molecule has 1 nitrogen and oxygen atoms in total. The molecule has 0 saturated carbocycles. The molecule has 0 aliphatic carbocycles. The van der Waals surface area contributed by atoms with E-state index in [1.165, 1.54) is 17.7 Å². The number of hydrogen-bond donors (Lipinski definition) is 1. The Hall–Kier alpha value is -1.25. The summed E-state index contributed by atoms with van der Waals surface area (Å²) in [6, 6.07) is 12.8. The molecule has 20 heavy (non-hydrogen) atoms. The van der Waals surface area contributed by atoms with Crippen molar-refractivity contribution in [3.8, 4) is 0 Å². The van der Waals surface area contributed by atoms with Crippen molar-refractivity contribution in [2.45, 2.75) is 19.3 Å². The first kappa shape index (κ1) is 15.1. The lowest BCUT2D eigenvalue weighted by Crippen LogP contribution is -2.07. The summed E-state index contributed by atoms with van der Waals surface area (Å²) in [4.78, 5) is 0. The average Bonchev–Trinajstić information content (AvgIpc) is 2.42. The maximum Gasteiger partial charge on any atom is 0.126 e. The summed E-state index contributed by atoms with van der Waals surface area (Å²) in [5.74, 6) is 0.00454. The van der Waals surface area contributed by atoms with Crippen LogP contribution in [0.1, 0.15) is 24.8 Å². The lowest BCUT2D eigenvalue weighted by atomic mass is 9.98. The van der Waals surface area contributed by atoms with Crippen LogP contribution in [0.5, 0.6) is 0 Å². The summed E-state index contributed by atoms with van der Waals surface area (Å²) < 4.78 is 13.1. The maximum absolute atomic E-state index is 13.1. The molecule has 0 bridgehead atoms. The molecule has 1 unspecified atom stereocenters. The van der Waals surface area contributed by atoms with Crippen molar-refractivity contribution in [2.24, 2.45) is 0 Å². The molecule has 106 valence electrons. The fourth-order valence-electron chi connectivity index (χ4n) is 2.07. The van der Waals surface area contributed by atoms with Gasteiger partial charge in [-0.2, -0.15) is 0 Å². The van der Waals surface area contributed by atoms with Gasteiger partial charge < -0.3 is 5.32 Å². The number of rotatable bonds is 5. The second-order valence-corrected chi connectivity index (χ2v) is 5.59. The molecule has 2 aromatic carbocycles. The van der Waals surface area contributed by atoms with E-state index in [1.54, 1.807) is 0 Å². The van der Waals surface area contributed by atoms with E-state index in [0.29, 0.717) is 21.7 Å². The van der Waals surface area contributed by atoms with Gasteiger partial charge in [-0.25, -0.2) is 4.39 Å². The van der Waals surface area contributed by atoms with Crippen LogP contribution in [0, 0.1) is 5.82 Å². The largest absolute Gasteiger partial charge is 0.383 e. The van der Waals surface area contributed by atoms with E-state index < -0.39 is 5.82 Å². The van der Waals surface area contributed by atoms with Gasteiger partial charge in [0.05, 0.1) is 15.7 Å². The van der Waals surface area contributed by atoms with Gasteiger partial charge in [0.2, 0.25) is 0 Å². The summed E-state index contributed by atoms with van der Waals surface area (Å²) in [6.07, 6.45) is 0.939. The molecule has 0 aromatic heterocycles. The summed E-state index contributed by atoms with van der Waals surface area (Å²) >= 11 is 12.0. The molecule has 0 aliphatic rings. The minimum Gasteiger partial charge on any atom is -0.383 e. The molecule has 4 heteroatoms. The molecule has 1 atom stereocenters. The zero-order chi connectivity index (χ0) is 14.5. The van der Waals surface area contributed by atoms with Crippen molar-refractivity contribution in [3.63, 3.8) is 0 Å². The van der Waals surface area contributed by atoms with Crippen molar-refractivity contribution >= 4 is 28.9 Å². The van der Waals surface area contributed by atoms with Gasteiger partial charge in [-0.1, -0.05) is 60.5 Å². The predicted molar refractivity (Wildman–Crippen MR) is 84.4 cm³/mol. The van der Waals surface area contributed by atoms with Crippen molar-refractivity contribution in [2.75, 3.05) is 11.9 Å². The Morgan fingerprint density at radius 3 is 2.30 bits per heavy atom. The summed E-state index contributed by atoms with van der Waals surface area (Å²) in [7, 11) is 0. The van der Waals surface area contributed by atoms with Gasteiger partial charge in [-0.3, -0.25) is 0 Å². The molecular weight excluding hydrogens is 296 g/mol. The van der Waals surface area contributed by atoms with Crippen LogP contribution in [0.15, 0.2) is 42.5 Å². The lowest BCUT2D eigenvalue weighted by Gasteiger charge is -2.14. The van der Waals surface area contributed by atoms with E-state index >= 15 is 0 Å². The van der Waals surface area contributed by atoms with Crippen LogP contribution in [0.25, 0.3) is 0 Å². The van der Waals surface area contributed by atoms with Gasteiger partial charge in [0.1, 0.15) is 5.82 Å². The van der Waals surface area contributed by atoms with Gasteiger partial charge in [0, 0.05) is 6.54 Å². The first-order chi connectivity index (χ1) is 9.58. The number of benzene rings is 2. The lowest BCUT2D eigenvalue weighted by molar-refractivity contribution is 0.628. The normalized spacial score (nSPS) is 12.2. The monoisotopic (exact) mass is 311 g/mol. The van der Waals surface area contributed by atoms with Gasteiger partial charge in [-0.05, 0) is 30.0 Å². The molecule has 0 saturated heterocycles. The van der Waals surface area contributed by atoms with E-state index in [2.05, 4.69) is 24.4 Å². The predicted octanol–water partition coefficient (Wildman–Crippen LogP) is 5.74. The van der Waals surface area contributed by atoms with Crippen LogP contribution in [-0.4, -0.2) is 6.54 Å². The summed E-state index contributed by atoms with van der Waals surface area (Å²) in [5, 5.41) is 3.79. The Bertz CT molecular complexity index is 549. The Labute approximate surface area is 128 Å². The molecule has 2 rings (SSSR count). The van der Waals surface area contributed by atoms with Crippen LogP contribution < -0.4 is 5.32 Å². The van der Waals surface area contributed by atoms with Gasteiger partial charge in [-0.15, -0.1) is 0 Å². The van der Waals surface area contributed by atoms with Gasteiger partial charge in [0.15, 0.2) is 0 Å². The third-order valence-corrected chi connectivity index (χ3v) is 3.85.